The smallest absolute Gasteiger partial charge is 0.255 e. The zero-order valence-electron chi connectivity index (χ0n) is 16.1. The Kier molecular flexibility index (Phi) is 5.64. The lowest BCUT2D eigenvalue weighted by Crippen LogP contribution is -2.29. The third-order valence-electron chi connectivity index (χ3n) is 4.34. The van der Waals surface area contributed by atoms with E-state index >= 15 is 0 Å². The Labute approximate surface area is 168 Å². The molecule has 1 N–H and O–H groups in total. The summed E-state index contributed by atoms with van der Waals surface area (Å²) < 4.78 is 40.7. The number of carbonyl (C=O) groups excluding carboxylic acids is 2. The van der Waals surface area contributed by atoms with E-state index in [9.17, 15) is 18.0 Å². The number of carbonyl (C=O) groups is 2. The molecule has 10 heteroatoms. The van der Waals surface area contributed by atoms with E-state index in [-0.39, 0.29) is 23.4 Å². The zero-order chi connectivity index (χ0) is 21.2. The second kappa shape index (κ2) is 8.00. The van der Waals surface area contributed by atoms with Gasteiger partial charge in [0.25, 0.3) is 5.91 Å². The van der Waals surface area contributed by atoms with Crippen LogP contribution in [0.4, 0.5) is 11.4 Å². The summed E-state index contributed by atoms with van der Waals surface area (Å²) in [6.07, 6.45) is -0.0792. The van der Waals surface area contributed by atoms with E-state index in [4.69, 9.17) is 14.2 Å². The highest BCUT2D eigenvalue weighted by Crippen LogP contribution is 2.40. The summed E-state index contributed by atoms with van der Waals surface area (Å²) in [5.41, 5.74) is 0.705. The summed E-state index contributed by atoms with van der Waals surface area (Å²) in [5.74, 6) is -0.146. The fourth-order valence-corrected chi connectivity index (χ4v) is 4.45. The van der Waals surface area contributed by atoms with Crippen LogP contribution in [0.5, 0.6) is 17.2 Å². The molecule has 0 atom stereocenters. The molecule has 3 rings (SSSR count). The van der Waals surface area contributed by atoms with E-state index in [1.165, 1.54) is 45.6 Å². The highest BCUT2D eigenvalue weighted by Gasteiger charge is 2.36. The second-order valence-corrected chi connectivity index (χ2v) is 8.08. The Morgan fingerprint density at radius 3 is 2.21 bits per heavy atom. The first-order chi connectivity index (χ1) is 13.8. The summed E-state index contributed by atoms with van der Waals surface area (Å²) in [4.78, 5) is 24.7. The molecule has 1 heterocycles. The maximum absolute atomic E-state index is 12.7. The van der Waals surface area contributed by atoms with Gasteiger partial charge in [0.15, 0.2) is 11.5 Å². The molecule has 0 unspecified atom stereocenters. The number of sulfonamides is 1. The fraction of sp³-hybridized carbons (Fsp3) is 0.263. The molecule has 2 aromatic carbocycles. The van der Waals surface area contributed by atoms with Crippen molar-refractivity contribution in [2.45, 2.75) is 6.42 Å². The van der Waals surface area contributed by atoms with Crippen LogP contribution < -0.4 is 23.8 Å². The molecule has 1 aliphatic heterocycles. The van der Waals surface area contributed by atoms with Crippen molar-refractivity contribution in [3.8, 4) is 17.2 Å². The molecule has 1 fully saturated rings. The lowest BCUT2D eigenvalue weighted by molar-refractivity contribution is -0.116. The number of nitrogens with zero attached hydrogens (tertiary/aromatic N) is 1. The van der Waals surface area contributed by atoms with E-state index in [0.717, 1.165) is 4.31 Å². The van der Waals surface area contributed by atoms with Gasteiger partial charge in [-0.05, 0) is 18.2 Å². The van der Waals surface area contributed by atoms with Crippen molar-refractivity contribution in [1.82, 2.24) is 0 Å². The summed E-state index contributed by atoms with van der Waals surface area (Å²) in [6, 6.07) is 8.99. The Hall–Kier alpha value is -3.27. The average Bonchev–Trinajstić information content (AvgIpc) is 2.99. The largest absolute Gasteiger partial charge is 0.493 e. The lowest BCUT2D eigenvalue weighted by atomic mass is 10.1. The van der Waals surface area contributed by atoms with E-state index in [1.807, 2.05) is 0 Å². The van der Waals surface area contributed by atoms with Crippen LogP contribution in [0.25, 0.3) is 0 Å². The van der Waals surface area contributed by atoms with Crippen LogP contribution in [0.3, 0.4) is 0 Å². The van der Waals surface area contributed by atoms with E-state index < -0.39 is 21.8 Å². The third kappa shape index (κ3) is 3.97. The molecule has 1 saturated heterocycles. The van der Waals surface area contributed by atoms with Crippen LogP contribution in [-0.2, 0) is 14.8 Å². The number of hydrogen-bond donors (Lipinski definition) is 1. The molecule has 0 saturated carbocycles. The molecular weight excluding hydrogens is 400 g/mol. The molecule has 1 aliphatic rings. The van der Waals surface area contributed by atoms with Crippen molar-refractivity contribution in [2.24, 2.45) is 0 Å². The lowest BCUT2D eigenvalue weighted by Gasteiger charge is -2.16. The highest BCUT2D eigenvalue weighted by atomic mass is 32.2. The van der Waals surface area contributed by atoms with Crippen LogP contribution in [0.2, 0.25) is 0 Å². The minimum absolute atomic E-state index is 0.0792. The van der Waals surface area contributed by atoms with Crippen LogP contribution >= 0.6 is 0 Å². The molecule has 154 valence electrons. The van der Waals surface area contributed by atoms with Crippen LogP contribution in [0.1, 0.15) is 16.8 Å². The van der Waals surface area contributed by atoms with Gasteiger partial charge < -0.3 is 19.5 Å². The fourth-order valence-electron chi connectivity index (χ4n) is 3.00. The predicted octanol–water partition coefficient (Wildman–Crippen LogP) is 2.03. The standard InChI is InChI=1S/C19H20N2O7S/c1-26-15-10-13(11-16(27-2)18(15)28-3)20-19(23)12-5-4-6-14(9-12)21-17(22)7-8-29(21,24)25/h4-6,9-11H,7-8H2,1-3H3,(H,20,23). The van der Waals surface area contributed by atoms with Crippen molar-refractivity contribution in [3.63, 3.8) is 0 Å². The minimum atomic E-state index is -3.71. The molecule has 0 bridgehead atoms. The molecule has 0 aliphatic carbocycles. The number of nitrogens with one attached hydrogen (secondary N) is 1. The maximum atomic E-state index is 12.7. The predicted molar refractivity (Wildman–Crippen MR) is 106 cm³/mol. The van der Waals surface area contributed by atoms with Gasteiger partial charge in [-0.15, -0.1) is 0 Å². The van der Waals surface area contributed by atoms with Gasteiger partial charge in [-0.3, -0.25) is 9.59 Å². The quantitative estimate of drug-likeness (QED) is 0.761. The van der Waals surface area contributed by atoms with Crippen molar-refractivity contribution >= 4 is 33.2 Å². The van der Waals surface area contributed by atoms with E-state index in [1.54, 1.807) is 12.1 Å². The monoisotopic (exact) mass is 420 g/mol. The number of rotatable bonds is 6. The normalized spacial score (nSPS) is 15.1. The number of ether oxygens (including phenoxy) is 3. The van der Waals surface area contributed by atoms with Gasteiger partial charge in [-0.2, -0.15) is 0 Å². The van der Waals surface area contributed by atoms with Gasteiger partial charge in [0.2, 0.25) is 21.7 Å². The molecule has 2 aromatic rings. The molecule has 0 spiro atoms. The molecule has 0 aromatic heterocycles. The van der Waals surface area contributed by atoms with Gasteiger partial charge in [-0.1, -0.05) is 6.07 Å². The first-order valence-electron chi connectivity index (χ1n) is 8.58. The van der Waals surface area contributed by atoms with Crippen LogP contribution in [0.15, 0.2) is 36.4 Å². The first-order valence-corrected chi connectivity index (χ1v) is 10.2. The Morgan fingerprint density at radius 2 is 1.69 bits per heavy atom. The molecule has 0 radical (unpaired) electrons. The maximum Gasteiger partial charge on any atom is 0.255 e. The van der Waals surface area contributed by atoms with Gasteiger partial charge in [0, 0.05) is 29.8 Å². The number of hydrogen-bond acceptors (Lipinski definition) is 7. The highest BCUT2D eigenvalue weighted by molar-refractivity contribution is 7.94. The van der Waals surface area contributed by atoms with Gasteiger partial charge in [0.05, 0.1) is 32.8 Å². The SMILES string of the molecule is COc1cc(NC(=O)c2cccc(N3C(=O)CCS3(=O)=O)c2)cc(OC)c1OC. The topological polar surface area (TPSA) is 111 Å². The summed E-state index contributed by atoms with van der Waals surface area (Å²) >= 11 is 0. The Bertz CT molecular complexity index is 1040. The number of methoxy groups -OCH3 is 3. The van der Waals surface area contributed by atoms with Crippen LogP contribution in [0, 0.1) is 0 Å². The summed E-state index contributed by atoms with van der Waals surface area (Å²) in [7, 11) is 0.675. The summed E-state index contributed by atoms with van der Waals surface area (Å²) in [6.45, 7) is 0. The van der Waals surface area contributed by atoms with Crippen molar-refractivity contribution in [2.75, 3.05) is 36.7 Å². The van der Waals surface area contributed by atoms with Crippen molar-refractivity contribution < 1.29 is 32.2 Å². The van der Waals surface area contributed by atoms with Gasteiger partial charge >= 0.3 is 0 Å². The van der Waals surface area contributed by atoms with Crippen molar-refractivity contribution in [1.29, 1.82) is 0 Å². The van der Waals surface area contributed by atoms with Crippen LogP contribution in [-0.4, -0.2) is 47.3 Å². The van der Waals surface area contributed by atoms with Crippen molar-refractivity contribution in [3.05, 3.63) is 42.0 Å². The zero-order valence-corrected chi connectivity index (χ0v) is 16.9. The van der Waals surface area contributed by atoms with Gasteiger partial charge in [0.1, 0.15) is 0 Å². The summed E-state index contributed by atoms with van der Waals surface area (Å²) in [5, 5.41) is 2.70. The molecule has 2 amide bonds. The molecule has 29 heavy (non-hydrogen) atoms. The molecule has 9 nitrogen and oxygen atoms in total. The molecular formula is C19H20N2O7S. The Balaban J connectivity index is 1.90. The van der Waals surface area contributed by atoms with E-state index in [0.29, 0.717) is 22.9 Å². The number of anilines is 2. The second-order valence-electron chi connectivity index (χ2n) is 6.14. The van der Waals surface area contributed by atoms with E-state index in [2.05, 4.69) is 5.32 Å². The number of benzene rings is 2. The number of amides is 2. The third-order valence-corrected chi connectivity index (χ3v) is 6.03. The van der Waals surface area contributed by atoms with Gasteiger partial charge in [-0.25, -0.2) is 12.7 Å². The first kappa shape index (κ1) is 20.5. The average molecular weight is 420 g/mol. The minimum Gasteiger partial charge on any atom is -0.493 e. The Morgan fingerprint density at radius 1 is 1.03 bits per heavy atom.